The van der Waals surface area contributed by atoms with Crippen molar-refractivity contribution >= 4 is 50.4 Å². The second kappa shape index (κ2) is 8.67. The van der Waals surface area contributed by atoms with Crippen LogP contribution in [0.2, 0.25) is 5.02 Å². The van der Waals surface area contributed by atoms with E-state index in [0.29, 0.717) is 38.3 Å². The summed E-state index contributed by atoms with van der Waals surface area (Å²) in [7, 11) is 0. The van der Waals surface area contributed by atoms with Crippen molar-refractivity contribution in [1.29, 1.82) is 0 Å². The molecule has 28 heavy (non-hydrogen) atoms. The van der Waals surface area contributed by atoms with Gasteiger partial charge < -0.3 is 9.88 Å². The van der Waals surface area contributed by atoms with E-state index < -0.39 is 5.82 Å². The average Bonchev–Trinajstić information content (AvgIpc) is 2.66. The van der Waals surface area contributed by atoms with E-state index in [4.69, 9.17) is 11.6 Å². The molecule has 0 saturated heterocycles. The van der Waals surface area contributed by atoms with Crippen molar-refractivity contribution in [1.82, 2.24) is 14.9 Å². The molecule has 0 spiro atoms. The highest BCUT2D eigenvalue weighted by Gasteiger charge is 2.13. The smallest absolute Gasteiger partial charge is 0.258 e. The van der Waals surface area contributed by atoms with Crippen LogP contribution in [0.4, 0.5) is 4.39 Å². The van der Waals surface area contributed by atoms with E-state index in [0.717, 1.165) is 0 Å². The van der Waals surface area contributed by atoms with Crippen molar-refractivity contribution in [3.63, 3.8) is 0 Å². The molecule has 3 rings (SSSR count). The van der Waals surface area contributed by atoms with E-state index in [1.807, 2.05) is 0 Å². The summed E-state index contributed by atoms with van der Waals surface area (Å²) < 4.78 is 14.5. The van der Waals surface area contributed by atoms with Gasteiger partial charge in [0.05, 0.1) is 17.4 Å². The zero-order chi connectivity index (χ0) is 20.3. The fourth-order valence-corrected chi connectivity index (χ4v) is 3.22. The number of benzene rings is 2. The van der Waals surface area contributed by atoms with Gasteiger partial charge in [0.25, 0.3) is 5.56 Å². The molecule has 0 aliphatic rings. The van der Waals surface area contributed by atoms with Crippen LogP contribution in [0.5, 0.6) is 0 Å². The molecule has 0 atom stereocenters. The fraction of sp³-hybridized carbons (Fsp3) is 0.150. The molecule has 3 aromatic rings. The summed E-state index contributed by atoms with van der Waals surface area (Å²) in [6, 6.07) is 9.31. The highest BCUT2D eigenvalue weighted by atomic mass is 79.9. The van der Waals surface area contributed by atoms with Crippen molar-refractivity contribution in [2.45, 2.75) is 13.5 Å². The Labute approximate surface area is 174 Å². The van der Waals surface area contributed by atoms with Crippen LogP contribution in [0.25, 0.3) is 17.0 Å². The van der Waals surface area contributed by atoms with E-state index in [9.17, 15) is 14.0 Å². The van der Waals surface area contributed by atoms with Gasteiger partial charge in [0.15, 0.2) is 0 Å². The lowest BCUT2D eigenvalue weighted by Gasteiger charge is -2.18. The van der Waals surface area contributed by atoms with Gasteiger partial charge in [-0.25, -0.2) is 9.37 Å². The van der Waals surface area contributed by atoms with Gasteiger partial charge in [0.1, 0.15) is 11.6 Å². The minimum absolute atomic E-state index is 0.109. The average molecular weight is 465 g/mol. The number of halogens is 3. The number of nitrogens with zero attached hydrogens (tertiary/aromatic N) is 2. The van der Waals surface area contributed by atoms with Crippen molar-refractivity contribution in [3.05, 3.63) is 79.5 Å². The minimum atomic E-state index is -0.423. The van der Waals surface area contributed by atoms with Crippen LogP contribution in [0, 0.1) is 5.82 Å². The second-order valence-corrected chi connectivity index (χ2v) is 7.38. The van der Waals surface area contributed by atoms with Gasteiger partial charge in [0, 0.05) is 27.7 Å². The summed E-state index contributed by atoms with van der Waals surface area (Å²) in [4.78, 5) is 33.3. The molecule has 2 aromatic carbocycles. The predicted octanol–water partition coefficient (Wildman–Crippen LogP) is 4.54. The summed E-state index contributed by atoms with van der Waals surface area (Å²) in [6.45, 7) is 2.31. The molecule has 0 fully saturated rings. The maximum atomic E-state index is 13.8. The van der Waals surface area contributed by atoms with Crippen LogP contribution in [0.3, 0.4) is 0 Å². The van der Waals surface area contributed by atoms with Gasteiger partial charge in [-0.2, -0.15) is 0 Å². The van der Waals surface area contributed by atoms with Crippen LogP contribution in [0.15, 0.2) is 51.7 Å². The Morgan fingerprint density at radius 3 is 2.86 bits per heavy atom. The summed E-state index contributed by atoms with van der Waals surface area (Å²) in [5, 5.41) is 0.895. The Bertz CT molecular complexity index is 1130. The first-order valence-corrected chi connectivity index (χ1v) is 9.65. The van der Waals surface area contributed by atoms with Gasteiger partial charge in [-0.3, -0.25) is 9.59 Å². The van der Waals surface area contributed by atoms with E-state index >= 15 is 0 Å². The maximum absolute atomic E-state index is 13.8. The quantitative estimate of drug-likeness (QED) is 0.564. The lowest BCUT2D eigenvalue weighted by Crippen LogP contribution is -2.30. The zero-order valence-electron chi connectivity index (χ0n) is 14.9. The number of nitrogens with one attached hydrogen (secondary N) is 1. The number of aromatic amines is 1. The van der Waals surface area contributed by atoms with E-state index in [1.54, 1.807) is 37.3 Å². The molecule has 1 amide bonds. The first-order valence-electron chi connectivity index (χ1n) is 8.48. The molecular weight excluding hydrogens is 449 g/mol. The van der Waals surface area contributed by atoms with E-state index in [1.165, 1.54) is 23.1 Å². The Kier molecular flexibility index (Phi) is 6.26. The maximum Gasteiger partial charge on any atom is 0.258 e. The monoisotopic (exact) mass is 463 g/mol. The Morgan fingerprint density at radius 1 is 1.32 bits per heavy atom. The molecule has 0 radical (unpaired) electrons. The summed E-state index contributed by atoms with van der Waals surface area (Å²) in [6.07, 6.45) is 2.71. The zero-order valence-corrected chi connectivity index (χ0v) is 17.2. The Hall–Kier alpha value is -2.51. The number of likely N-dealkylation sites (N-methyl/N-ethyl adjacent to an activating group) is 1. The van der Waals surface area contributed by atoms with Crippen molar-refractivity contribution < 1.29 is 9.18 Å². The summed E-state index contributed by atoms with van der Waals surface area (Å²) >= 11 is 9.24. The first-order chi connectivity index (χ1) is 13.4. The highest BCUT2D eigenvalue weighted by molar-refractivity contribution is 9.10. The number of carbonyl (C=O) groups excluding carboxylic acids is 1. The standard InChI is InChI=1S/C20H16BrClFN3O2/c1-2-26(19(27)8-3-12-9-13(21)4-7-16(12)23)11-18-24-17-10-14(22)5-6-15(17)20(28)25-18/h3-10H,2,11H2,1H3,(H,24,25,28)/b8-3+. The van der Waals surface area contributed by atoms with Crippen LogP contribution < -0.4 is 5.56 Å². The molecule has 0 aliphatic carbocycles. The number of hydrogen-bond acceptors (Lipinski definition) is 3. The van der Waals surface area contributed by atoms with E-state index in [-0.39, 0.29) is 18.0 Å². The van der Waals surface area contributed by atoms with Crippen LogP contribution >= 0.6 is 27.5 Å². The third-order valence-corrected chi connectivity index (χ3v) is 4.84. The summed E-state index contributed by atoms with van der Waals surface area (Å²) in [5.41, 5.74) is 0.457. The predicted molar refractivity (Wildman–Crippen MR) is 112 cm³/mol. The number of aromatic nitrogens is 2. The van der Waals surface area contributed by atoms with Gasteiger partial charge in [-0.1, -0.05) is 27.5 Å². The van der Waals surface area contributed by atoms with Crippen molar-refractivity contribution in [2.75, 3.05) is 6.54 Å². The van der Waals surface area contributed by atoms with Crippen LogP contribution in [-0.4, -0.2) is 27.3 Å². The topological polar surface area (TPSA) is 66.1 Å². The number of amides is 1. The molecule has 1 aromatic heterocycles. The van der Waals surface area contributed by atoms with Crippen molar-refractivity contribution in [3.8, 4) is 0 Å². The van der Waals surface area contributed by atoms with Gasteiger partial charge in [-0.15, -0.1) is 0 Å². The SMILES string of the molecule is CCN(Cc1nc2cc(Cl)ccc2c(=O)[nH]1)C(=O)/C=C/c1cc(Br)ccc1F. The molecule has 1 N–H and O–H groups in total. The molecule has 0 unspecified atom stereocenters. The normalized spacial score (nSPS) is 11.3. The molecular formula is C20H16BrClFN3O2. The molecule has 144 valence electrons. The van der Waals surface area contributed by atoms with Gasteiger partial charge in [0.2, 0.25) is 5.91 Å². The molecule has 1 heterocycles. The third-order valence-electron chi connectivity index (χ3n) is 4.12. The fourth-order valence-electron chi connectivity index (χ4n) is 2.67. The molecule has 5 nitrogen and oxygen atoms in total. The number of rotatable bonds is 5. The van der Waals surface area contributed by atoms with Crippen LogP contribution in [-0.2, 0) is 11.3 Å². The number of carbonyl (C=O) groups is 1. The third kappa shape index (κ3) is 4.66. The molecule has 0 saturated carbocycles. The van der Waals surface area contributed by atoms with E-state index in [2.05, 4.69) is 25.9 Å². The number of H-pyrrole nitrogens is 1. The first kappa shape index (κ1) is 20.2. The lowest BCUT2D eigenvalue weighted by molar-refractivity contribution is -0.126. The number of fused-ring (bicyclic) bond motifs is 1. The second-order valence-electron chi connectivity index (χ2n) is 6.03. The largest absolute Gasteiger partial charge is 0.332 e. The van der Waals surface area contributed by atoms with Crippen molar-refractivity contribution in [2.24, 2.45) is 0 Å². The summed E-state index contributed by atoms with van der Waals surface area (Å²) in [5.74, 6) is -0.402. The molecule has 0 bridgehead atoms. The lowest BCUT2D eigenvalue weighted by atomic mass is 10.2. The molecule has 8 heteroatoms. The van der Waals surface area contributed by atoms with Gasteiger partial charge >= 0.3 is 0 Å². The Balaban J connectivity index is 1.82. The van der Waals surface area contributed by atoms with Gasteiger partial charge in [-0.05, 0) is 49.4 Å². The Morgan fingerprint density at radius 2 is 2.11 bits per heavy atom. The van der Waals surface area contributed by atoms with Crippen LogP contribution in [0.1, 0.15) is 18.3 Å². The highest BCUT2D eigenvalue weighted by Crippen LogP contribution is 2.17. The number of hydrogen-bond donors (Lipinski definition) is 1. The minimum Gasteiger partial charge on any atom is -0.332 e. The molecule has 0 aliphatic heterocycles.